The Balaban J connectivity index is 4.79. The average Bonchev–Trinajstić information content (AvgIpc) is 2.52. The summed E-state index contributed by atoms with van der Waals surface area (Å²) in [5.74, 6) is 0. The van der Waals surface area contributed by atoms with Gasteiger partial charge in [0.15, 0.2) is 0 Å². The first-order valence-electron chi connectivity index (χ1n) is 10.1. The molecule has 2 unspecified atom stereocenters. The molecular formula is C19H41O4P. The van der Waals surface area contributed by atoms with E-state index in [1.165, 1.54) is 25.7 Å². The molecule has 0 saturated heterocycles. The summed E-state index contributed by atoms with van der Waals surface area (Å²) < 4.78 is 30.6. The van der Waals surface area contributed by atoms with Crippen LogP contribution >= 0.6 is 7.82 Å². The summed E-state index contributed by atoms with van der Waals surface area (Å²) in [6.07, 6.45) is 10.0. The molecule has 0 aromatic carbocycles. The number of phosphoric ester groups is 1. The van der Waals surface area contributed by atoms with Crippen LogP contribution in [-0.2, 0) is 18.1 Å². The Kier molecular flexibility index (Phi) is 14.4. The highest BCUT2D eigenvalue weighted by Gasteiger charge is 2.34. The fraction of sp³-hybridized carbons (Fsp3) is 1.00. The molecule has 0 aliphatic rings. The highest BCUT2D eigenvalue weighted by Crippen LogP contribution is 2.54. The first-order chi connectivity index (χ1) is 11.4. The minimum atomic E-state index is -3.52. The van der Waals surface area contributed by atoms with E-state index in [2.05, 4.69) is 27.7 Å². The Morgan fingerprint density at radius 3 is 1.42 bits per heavy atom. The molecule has 0 spiro atoms. The quantitative estimate of drug-likeness (QED) is 0.213. The zero-order valence-corrected chi connectivity index (χ0v) is 17.8. The maximum Gasteiger partial charge on any atom is 0.475 e. The van der Waals surface area contributed by atoms with Gasteiger partial charge in [-0.2, -0.15) is 0 Å². The highest BCUT2D eigenvalue weighted by atomic mass is 31.2. The van der Waals surface area contributed by atoms with Crippen LogP contribution in [-0.4, -0.2) is 18.3 Å². The molecule has 0 N–H and O–H groups in total. The molecule has 2 atom stereocenters. The molecular weight excluding hydrogens is 323 g/mol. The van der Waals surface area contributed by atoms with Crippen LogP contribution in [0.4, 0.5) is 0 Å². The number of phosphoric acid groups is 1. The molecule has 5 heteroatoms. The summed E-state index contributed by atoms with van der Waals surface area (Å²) in [6, 6.07) is 0. The lowest BCUT2D eigenvalue weighted by atomic mass is 10.1. The van der Waals surface area contributed by atoms with Gasteiger partial charge in [-0.1, -0.05) is 66.2 Å². The molecule has 0 rings (SSSR count). The monoisotopic (exact) mass is 364 g/mol. The fourth-order valence-electron chi connectivity index (χ4n) is 2.60. The summed E-state index contributed by atoms with van der Waals surface area (Å²) in [5.41, 5.74) is 0. The van der Waals surface area contributed by atoms with Crippen molar-refractivity contribution >= 4 is 7.82 Å². The predicted octanol–water partition coefficient (Wildman–Crippen LogP) is 7.27. The smallest absolute Gasteiger partial charge is 0.284 e. The number of rotatable bonds is 16. The van der Waals surface area contributed by atoms with Crippen LogP contribution in [0, 0.1) is 0 Å². The van der Waals surface area contributed by atoms with E-state index in [1.807, 2.05) is 13.8 Å². The molecule has 0 aromatic heterocycles. The summed E-state index contributed by atoms with van der Waals surface area (Å²) in [7, 11) is -3.52. The van der Waals surface area contributed by atoms with Gasteiger partial charge in [-0.15, -0.1) is 0 Å². The Morgan fingerprint density at radius 2 is 1.12 bits per heavy atom. The van der Waals surface area contributed by atoms with Gasteiger partial charge in [0.2, 0.25) is 0 Å². The van der Waals surface area contributed by atoms with Gasteiger partial charge < -0.3 is 0 Å². The number of hydrogen-bond donors (Lipinski definition) is 0. The second-order valence-corrected chi connectivity index (χ2v) is 8.39. The Bertz CT molecular complexity index is 309. The van der Waals surface area contributed by atoms with Gasteiger partial charge in [0, 0.05) is 0 Å². The van der Waals surface area contributed by atoms with Gasteiger partial charge in [0.1, 0.15) is 0 Å². The normalized spacial score (nSPS) is 17.0. The van der Waals surface area contributed by atoms with Gasteiger partial charge in [-0.25, -0.2) is 4.57 Å². The van der Waals surface area contributed by atoms with Crippen molar-refractivity contribution in [1.29, 1.82) is 0 Å². The van der Waals surface area contributed by atoms with Crippen LogP contribution in [0.1, 0.15) is 106 Å². The molecule has 0 aromatic rings. The van der Waals surface area contributed by atoms with E-state index in [-0.39, 0.29) is 18.3 Å². The first-order valence-corrected chi connectivity index (χ1v) is 11.5. The molecule has 0 amide bonds. The Morgan fingerprint density at radius 1 is 0.708 bits per heavy atom. The molecule has 4 nitrogen and oxygen atoms in total. The van der Waals surface area contributed by atoms with E-state index in [9.17, 15) is 4.57 Å². The fourth-order valence-corrected chi connectivity index (χ4v) is 4.51. The predicted molar refractivity (Wildman–Crippen MR) is 102 cm³/mol. The highest BCUT2D eigenvalue weighted by molar-refractivity contribution is 7.48. The van der Waals surface area contributed by atoms with Gasteiger partial charge in [-0.05, 0) is 39.5 Å². The molecule has 0 heterocycles. The van der Waals surface area contributed by atoms with E-state index in [4.69, 9.17) is 13.6 Å². The Labute approximate surface area is 150 Å². The maximum absolute atomic E-state index is 13.2. The van der Waals surface area contributed by atoms with Gasteiger partial charge in [-0.3, -0.25) is 13.6 Å². The van der Waals surface area contributed by atoms with Crippen LogP contribution in [0.2, 0.25) is 0 Å². The van der Waals surface area contributed by atoms with Crippen molar-refractivity contribution in [2.75, 3.05) is 0 Å². The lowest BCUT2D eigenvalue weighted by Gasteiger charge is -2.28. The zero-order valence-electron chi connectivity index (χ0n) is 16.9. The maximum atomic E-state index is 13.2. The molecule has 0 aliphatic heterocycles. The van der Waals surface area contributed by atoms with Gasteiger partial charge in [0.05, 0.1) is 18.3 Å². The number of unbranched alkanes of at least 4 members (excludes halogenated alkanes) is 4. The van der Waals surface area contributed by atoms with Crippen molar-refractivity contribution in [2.24, 2.45) is 0 Å². The topological polar surface area (TPSA) is 44.8 Å². The SMILES string of the molecule is CCCCCC(CC)OP(=O)(OC(C)C)OC(CC)CCCCC. The standard InChI is InChI=1S/C19H41O4P/c1-7-11-13-15-18(9-3)22-24(20,21-17(5)6)23-19(10-4)16-14-12-8-2/h17-19H,7-16H2,1-6H3. The van der Waals surface area contributed by atoms with E-state index in [0.717, 1.165) is 38.5 Å². The minimum absolute atomic E-state index is 0.0609. The van der Waals surface area contributed by atoms with E-state index in [0.29, 0.717) is 0 Å². The van der Waals surface area contributed by atoms with Crippen LogP contribution in [0.5, 0.6) is 0 Å². The summed E-state index contributed by atoms with van der Waals surface area (Å²) >= 11 is 0. The largest absolute Gasteiger partial charge is 0.475 e. The molecule has 0 radical (unpaired) electrons. The van der Waals surface area contributed by atoms with E-state index in [1.54, 1.807) is 0 Å². The molecule has 0 fully saturated rings. The van der Waals surface area contributed by atoms with Crippen molar-refractivity contribution in [2.45, 2.75) is 124 Å². The molecule has 146 valence electrons. The lowest BCUT2D eigenvalue weighted by molar-refractivity contribution is 0.0307. The van der Waals surface area contributed by atoms with E-state index >= 15 is 0 Å². The second-order valence-electron chi connectivity index (χ2n) is 6.86. The average molecular weight is 365 g/mol. The zero-order chi connectivity index (χ0) is 18.4. The minimum Gasteiger partial charge on any atom is -0.284 e. The van der Waals surface area contributed by atoms with E-state index < -0.39 is 7.82 Å². The van der Waals surface area contributed by atoms with Crippen molar-refractivity contribution in [3.8, 4) is 0 Å². The van der Waals surface area contributed by atoms with Crippen LogP contribution in [0.15, 0.2) is 0 Å². The third-order valence-electron chi connectivity index (χ3n) is 4.07. The van der Waals surface area contributed by atoms with Gasteiger partial charge >= 0.3 is 7.82 Å². The molecule has 0 bridgehead atoms. The summed E-state index contributed by atoms with van der Waals surface area (Å²) in [5, 5.41) is 0. The second kappa shape index (κ2) is 14.3. The lowest BCUT2D eigenvalue weighted by Crippen LogP contribution is -2.19. The molecule has 24 heavy (non-hydrogen) atoms. The summed E-state index contributed by atoms with van der Waals surface area (Å²) in [6.45, 7) is 12.2. The van der Waals surface area contributed by atoms with Gasteiger partial charge in [0.25, 0.3) is 0 Å². The molecule has 0 aliphatic carbocycles. The Hall–Kier alpha value is 0.110. The van der Waals surface area contributed by atoms with Crippen molar-refractivity contribution in [3.63, 3.8) is 0 Å². The van der Waals surface area contributed by atoms with Crippen molar-refractivity contribution in [1.82, 2.24) is 0 Å². The van der Waals surface area contributed by atoms with Crippen LogP contribution in [0.3, 0.4) is 0 Å². The third-order valence-corrected chi connectivity index (χ3v) is 5.86. The van der Waals surface area contributed by atoms with Crippen molar-refractivity contribution < 1.29 is 18.1 Å². The van der Waals surface area contributed by atoms with Crippen molar-refractivity contribution in [3.05, 3.63) is 0 Å². The summed E-state index contributed by atoms with van der Waals surface area (Å²) in [4.78, 5) is 0. The first kappa shape index (κ1) is 24.1. The van der Waals surface area contributed by atoms with Crippen LogP contribution in [0.25, 0.3) is 0 Å². The third kappa shape index (κ3) is 11.6. The number of hydrogen-bond acceptors (Lipinski definition) is 4. The molecule has 0 saturated carbocycles. The van der Waals surface area contributed by atoms with Crippen LogP contribution < -0.4 is 0 Å².